The number of rotatable bonds is 7. The minimum Gasteiger partial charge on any atom is -0.450 e. The second-order valence-corrected chi connectivity index (χ2v) is 11.6. The van der Waals surface area contributed by atoms with Gasteiger partial charge in [0, 0.05) is 23.4 Å². The zero-order chi connectivity index (χ0) is 32.9. The number of hydrogen-bond donors (Lipinski definition) is 3. The van der Waals surface area contributed by atoms with Crippen molar-refractivity contribution in [3.8, 4) is 23.0 Å². The van der Waals surface area contributed by atoms with Gasteiger partial charge in [0.1, 0.15) is 28.5 Å². The molecule has 0 saturated carbocycles. The number of carbonyl (C=O) groups excluding carboxylic acids is 2. The van der Waals surface area contributed by atoms with Crippen molar-refractivity contribution in [2.24, 2.45) is 0 Å². The number of benzene rings is 1. The average Bonchev–Trinajstić information content (AvgIpc) is 3.31. The molecule has 4 rings (SSSR count). The van der Waals surface area contributed by atoms with E-state index in [9.17, 15) is 23.5 Å². The lowest BCUT2D eigenvalue weighted by Crippen LogP contribution is -2.36. The van der Waals surface area contributed by atoms with E-state index in [0.29, 0.717) is 22.5 Å². The Labute approximate surface area is 259 Å². The molecular weight excluding hydrogens is 586 g/mol. The Morgan fingerprint density at radius 1 is 1.02 bits per heavy atom. The standard InChI is InChI=1S/C32H34F2N6O5/c1-7-44-29(41)37-28-39-38-26-11-8-20(18-40(26)28)24-10-9-23(12-13-32(5,6)43)35-27(24)25(36-30(42)45-31(2,3)4)16-19-14-21(33)17-22(34)15-19/h8-11,14-15,17-18,25,43H,7,16H2,1-6H3,(H,36,42)(H,37,39,41)/t25-/m0/s1. The fourth-order valence-corrected chi connectivity index (χ4v) is 4.30. The number of alkyl carbamates (subject to hydrolysis) is 1. The van der Waals surface area contributed by atoms with Gasteiger partial charge in [-0.3, -0.25) is 9.72 Å². The third kappa shape index (κ3) is 9.20. The second kappa shape index (κ2) is 13.3. The Balaban J connectivity index is 1.89. The third-order valence-corrected chi connectivity index (χ3v) is 6.01. The number of hydrogen-bond acceptors (Lipinski definition) is 8. The fraction of sp³-hybridized carbons (Fsp3) is 0.344. The highest BCUT2D eigenvalue weighted by atomic mass is 19.1. The van der Waals surface area contributed by atoms with Crippen LogP contribution in [0.25, 0.3) is 16.8 Å². The minimum atomic E-state index is -1.31. The molecule has 2 amide bonds. The summed E-state index contributed by atoms with van der Waals surface area (Å²) >= 11 is 0. The average molecular weight is 621 g/mol. The predicted octanol–water partition coefficient (Wildman–Crippen LogP) is 5.57. The number of nitrogens with one attached hydrogen (secondary N) is 2. The number of fused-ring (bicyclic) bond motifs is 1. The number of anilines is 1. The Morgan fingerprint density at radius 3 is 2.38 bits per heavy atom. The van der Waals surface area contributed by atoms with Gasteiger partial charge in [-0.05, 0) is 95.8 Å². The summed E-state index contributed by atoms with van der Waals surface area (Å²) in [5.74, 6) is 4.10. The third-order valence-electron chi connectivity index (χ3n) is 6.01. The van der Waals surface area contributed by atoms with Gasteiger partial charge in [0.2, 0.25) is 5.95 Å². The molecule has 0 aliphatic carbocycles. The molecule has 0 unspecified atom stereocenters. The highest BCUT2D eigenvalue weighted by Crippen LogP contribution is 2.31. The van der Waals surface area contributed by atoms with Crippen molar-refractivity contribution in [3.63, 3.8) is 0 Å². The number of aromatic nitrogens is 4. The van der Waals surface area contributed by atoms with Gasteiger partial charge in [0.15, 0.2) is 5.65 Å². The highest BCUT2D eigenvalue weighted by Gasteiger charge is 2.26. The van der Waals surface area contributed by atoms with Crippen molar-refractivity contribution < 1.29 is 33.0 Å². The number of halogens is 2. The molecule has 13 heteroatoms. The summed E-state index contributed by atoms with van der Waals surface area (Å²) in [6, 6.07) is 8.90. The summed E-state index contributed by atoms with van der Waals surface area (Å²) in [6.07, 6.45) is 0.103. The van der Waals surface area contributed by atoms with Crippen LogP contribution < -0.4 is 10.6 Å². The van der Waals surface area contributed by atoms with Gasteiger partial charge in [0.25, 0.3) is 0 Å². The van der Waals surface area contributed by atoms with Gasteiger partial charge in [0.05, 0.1) is 18.3 Å². The maximum atomic E-state index is 14.2. The summed E-state index contributed by atoms with van der Waals surface area (Å²) in [7, 11) is 0. The van der Waals surface area contributed by atoms with Crippen LogP contribution in [0.1, 0.15) is 64.5 Å². The van der Waals surface area contributed by atoms with Gasteiger partial charge in [-0.15, -0.1) is 10.2 Å². The van der Waals surface area contributed by atoms with Crippen molar-refractivity contribution in [1.29, 1.82) is 0 Å². The van der Waals surface area contributed by atoms with Crippen LogP contribution in [-0.2, 0) is 15.9 Å². The molecule has 3 heterocycles. The Morgan fingerprint density at radius 2 is 1.73 bits per heavy atom. The van der Waals surface area contributed by atoms with E-state index in [1.807, 2.05) is 0 Å². The first-order chi connectivity index (χ1) is 21.1. The van der Waals surface area contributed by atoms with Gasteiger partial charge in [-0.1, -0.05) is 5.92 Å². The van der Waals surface area contributed by atoms with Crippen LogP contribution in [-0.4, -0.2) is 54.7 Å². The molecule has 1 atom stereocenters. The molecule has 0 aliphatic rings. The highest BCUT2D eigenvalue weighted by molar-refractivity contribution is 5.83. The number of amides is 2. The Kier molecular flexibility index (Phi) is 9.68. The van der Waals surface area contributed by atoms with E-state index in [-0.39, 0.29) is 30.2 Å². The van der Waals surface area contributed by atoms with E-state index in [0.717, 1.165) is 6.07 Å². The molecule has 0 spiro atoms. The summed E-state index contributed by atoms with van der Waals surface area (Å²) in [6.45, 7) is 9.99. The maximum Gasteiger partial charge on any atom is 0.414 e. The molecule has 0 fully saturated rings. The van der Waals surface area contributed by atoms with Crippen LogP contribution in [0.5, 0.6) is 0 Å². The van der Waals surface area contributed by atoms with Crippen molar-refractivity contribution in [2.75, 3.05) is 11.9 Å². The second-order valence-electron chi connectivity index (χ2n) is 11.6. The first-order valence-electron chi connectivity index (χ1n) is 14.1. The Hall–Kier alpha value is -5.09. The number of aliphatic hydroxyl groups is 1. The normalized spacial score (nSPS) is 12.2. The lowest BCUT2D eigenvalue weighted by Gasteiger charge is -2.25. The zero-order valence-corrected chi connectivity index (χ0v) is 25.7. The number of nitrogens with zero attached hydrogens (tertiary/aromatic N) is 4. The molecule has 0 bridgehead atoms. The first-order valence-corrected chi connectivity index (χ1v) is 14.1. The van der Waals surface area contributed by atoms with Crippen molar-refractivity contribution >= 4 is 23.8 Å². The molecule has 1 aromatic carbocycles. The fourth-order valence-electron chi connectivity index (χ4n) is 4.30. The molecule has 45 heavy (non-hydrogen) atoms. The zero-order valence-electron chi connectivity index (χ0n) is 25.7. The maximum absolute atomic E-state index is 14.2. The molecule has 11 nitrogen and oxygen atoms in total. The number of carbonyl (C=O) groups is 2. The number of ether oxygens (including phenoxy) is 2. The van der Waals surface area contributed by atoms with E-state index < -0.39 is 41.1 Å². The molecule has 0 saturated heterocycles. The van der Waals surface area contributed by atoms with Crippen molar-refractivity contribution in [2.45, 2.75) is 65.2 Å². The largest absolute Gasteiger partial charge is 0.450 e. The SMILES string of the molecule is CCOC(=O)Nc1nnc2ccc(-c3ccc(C#CC(C)(C)O)nc3[C@H](Cc3cc(F)cc(F)c3)NC(=O)OC(C)(C)C)cn12. The van der Waals surface area contributed by atoms with E-state index in [4.69, 9.17) is 14.5 Å². The topological polar surface area (TPSA) is 140 Å². The smallest absolute Gasteiger partial charge is 0.414 e. The summed E-state index contributed by atoms with van der Waals surface area (Å²) in [5.41, 5.74) is 0.177. The summed E-state index contributed by atoms with van der Waals surface area (Å²) < 4.78 is 40.4. The van der Waals surface area contributed by atoms with E-state index in [1.165, 1.54) is 30.4 Å². The molecule has 4 aromatic rings. The van der Waals surface area contributed by atoms with Crippen LogP contribution in [0, 0.1) is 23.5 Å². The molecular formula is C32H34F2N6O5. The van der Waals surface area contributed by atoms with Gasteiger partial charge in [-0.25, -0.2) is 23.4 Å². The molecule has 0 aliphatic heterocycles. The summed E-state index contributed by atoms with van der Waals surface area (Å²) in [4.78, 5) is 29.9. The van der Waals surface area contributed by atoms with Crippen LogP contribution in [0.4, 0.5) is 24.3 Å². The predicted molar refractivity (Wildman–Crippen MR) is 162 cm³/mol. The van der Waals surface area contributed by atoms with Gasteiger partial charge < -0.3 is 19.9 Å². The van der Waals surface area contributed by atoms with Gasteiger partial charge >= 0.3 is 12.2 Å². The molecule has 236 valence electrons. The van der Waals surface area contributed by atoms with E-state index >= 15 is 0 Å². The van der Waals surface area contributed by atoms with Crippen LogP contribution in [0.3, 0.4) is 0 Å². The monoisotopic (exact) mass is 620 g/mol. The van der Waals surface area contributed by atoms with Gasteiger partial charge in [-0.2, -0.15) is 0 Å². The molecule has 3 aromatic heterocycles. The quantitative estimate of drug-likeness (QED) is 0.228. The van der Waals surface area contributed by atoms with Crippen molar-refractivity contribution in [1.82, 2.24) is 24.9 Å². The number of pyridine rings is 2. The molecule has 3 N–H and O–H groups in total. The lowest BCUT2D eigenvalue weighted by molar-refractivity contribution is 0.0502. The van der Waals surface area contributed by atoms with Crippen LogP contribution in [0.15, 0.2) is 48.7 Å². The lowest BCUT2D eigenvalue weighted by atomic mass is 9.95. The van der Waals surface area contributed by atoms with Crippen molar-refractivity contribution in [3.05, 3.63) is 77.2 Å². The van der Waals surface area contributed by atoms with E-state index in [1.54, 1.807) is 58.2 Å². The first kappa shape index (κ1) is 32.8. The summed E-state index contributed by atoms with van der Waals surface area (Å²) in [5, 5.41) is 23.6. The van der Waals surface area contributed by atoms with E-state index in [2.05, 4.69) is 32.7 Å². The van der Waals surface area contributed by atoms with Crippen LogP contribution in [0.2, 0.25) is 0 Å². The minimum absolute atomic E-state index is 0.0686. The Bertz CT molecular complexity index is 1760. The molecule has 0 radical (unpaired) electrons. The van der Waals surface area contributed by atoms with Crippen LogP contribution >= 0.6 is 0 Å².